The van der Waals surface area contributed by atoms with Crippen molar-refractivity contribution in [2.45, 2.75) is 5.92 Å². The molecule has 3 heteroatoms. The van der Waals surface area contributed by atoms with Gasteiger partial charge in [0, 0.05) is 29.0 Å². The van der Waals surface area contributed by atoms with Crippen LogP contribution in [0.4, 0.5) is 0 Å². The maximum absolute atomic E-state index is 6.04. The highest BCUT2D eigenvalue weighted by Crippen LogP contribution is 2.34. The second-order valence-corrected chi connectivity index (χ2v) is 5.70. The third-order valence-corrected chi connectivity index (χ3v) is 4.11. The van der Waals surface area contributed by atoms with Gasteiger partial charge in [-0.2, -0.15) is 0 Å². The van der Waals surface area contributed by atoms with E-state index in [1.54, 1.807) is 0 Å². The Morgan fingerprint density at radius 3 is 2.71 bits per heavy atom. The van der Waals surface area contributed by atoms with Gasteiger partial charge in [0.25, 0.3) is 0 Å². The van der Waals surface area contributed by atoms with E-state index in [-0.39, 0.29) is 0 Å². The Hall–Kier alpha value is -2.19. The highest BCUT2D eigenvalue weighted by atomic mass is 35.5. The van der Waals surface area contributed by atoms with Crippen LogP contribution in [-0.2, 0) is 0 Å². The van der Waals surface area contributed by atoms with Crippen molar-refractivity contribution in [3.8, 4) is 11.3 Å². The normalized spacial score (nSPS) is 19.8. The Labute approximate surface area is 128 Å². The van der Waals surface area contributed by atoms with Crippen LogP contribution in [0, 0.1) is 0 Å². The quantitative estimate of drug-likeness (QED) is 0.778. The Morgan fingerprint density at radius 1 is 1.05 bits per heavy atom. The van der Waals surface area contributed by atoms with Gasteiger partial charge in [-0.15, -0.1) is 0 Å². The predicted octanol–water partition coefficient (Wildman–Crippen LogP) is 4.97. The molecule has 0 aliphatic carbocycles. The van der Waals surface area contributed by atoms with Gasteiger partial charge in [-0.25, -0.2) is 0 Å². The first-order valence-corrected chi connectivity index (χ1v) is 7.36. The van der Waals surface area contributed by atoms with Gasteiger partial charge >= 0.3 is 0 Å². The molecule has 2 aliphatic heterocycles. The molecule has 4 rings (SSSR count). The van der Waals surface area contributed by atoms with E-state index in [0.29, 0.717) is 5.92 Å². The lowest BCUT2D eigenvalue weighted by molar-refractivity contribution is 0.447. The zero-order valence-corrected chi connectivity index (χ0v) is 12.1. The third kappa shape index (κ3) is 2.32. The van der Waals surface area contributed by atoms with E-state index in [2.05, 4.69) is 41.5 Å². The number of fused-ring (bicyclic) bond motifs is 1. The molecule has 0 amide bonds. The number of halogens is 1. The molecule has 0 spiro atoms. The second-order valence-electron chi connectivity index (χ2n) is 5.26. The van der Waals surface area contributed by atoms with Crippen LogP contribution in [0.3, 0.4) is 0 Å². The van der Waals surface area contributed by atoms with Crippen LogP contribution >= 0.6 is 11.6 Å². The van der Waals surface area contributed by atoms with Crippen LogP contribution in [-0.4, -0.2) is 11.4 Å². The summed E-state index contributed by atoms with van der Waals surface area (Å²) >= 11 is 5.92. The first kappa shape index (κ1) is 12.5. The van der Waals surface area contributed by atoms with Crippen molar-refractivity contribution >= 4 is 11.6 Å². The van der Waals surface area contributed by atoms with Gasteiger partial charge < -0.3 is 9.32 Å². The highest BCUT2D eigenvalue weighted by Gasteiger charge is 2.25. The summed E-state index contributed by atoms with van der Waals surface area (Å²) in [7, 11) is 0. The molecule has 0 fully saturated rings. The second kappa shape index (κ2) is 4.97. The minimum absolute atomic E-state index is 0.299. The van der Waals surface area contributed by atoms with E-state index < -0.39 is 0 Å². The number of benzene rings is 1. The van der Waals surface area contributed by atoms with Gasteiger partial charge in [0.2, 0.25) is 0 Å². The fourth-order valence-corrected chi connectivity index (χ4v) is 2.90. The average molecular weight is 296 g/mol. The Kier molecular flexibility index (Phi) is 2.97. The van der Waals surface area contributed by atoms with Crippen molar-refractivity contribution in [1.29, 1.82) is 0 Å². The molecule has 1 aromatic carbocycles. The van der Waals surface area contributed by atoms with Gasteiger partial charge in [0.15, 0.2) is 0 Å². The van der Waals surface area contributed by atoms with Crippen molar-refractivity contribution in [2.24, 2.45) is 0 Å². The molecule has 2 aliphatic rings. The number of nitrogens with zero attached hydrogens (tertiary/aromatic N) is 1. The van der Waals surface area contributed by atoms with E-state index in [9.17, 15) is 0 Å². The average Bonchev–Trinajstić information content (AvgIpc) is 3.14. The molecule has 0 radical (unpaired) electrons. The van der Waals surface area contributed by atoms with Crippen molar-refractivity contribution in [2.75, 3.05) is 6.54 Å². The minimum Gasteiger partial charge on any atom is -0.460 e. The summed E-state index contributed by atoms with van der Waals surface area (Å²) in [6, 6.07) is 11.8. The molecule has 2 nitrogen and oxygen atoms in total. The first-order valence-electron chi connectivity index (χ1n) is 6.98. The summed E-state index contributed by atoms with van der Waals surface area (Å²) in [5.74, 6) is 2.19. The topological polar surface area (TPSA) is 16.4 Å². The lowest BCUT2D eigenvalue weighted by Crippen LogP contribution is -2.15. The molecule has 0 bridgehead atoms. The van der Waals surface area contributed by atoms with Crippen molar-refractivity contribution < 1.29 is 4.42 Å². The van der Waals surface area contributed by atoms with Crippen LogP contribution < -0.4 is 0 Å². The number of allylic oxidation sites excluding steroid dienone is 3. The molecule has 21 heavy (non-hydrogen) atoms. The Morgan fingerprint density at radius 2 is 1.90 bits per heavy atom. The molecular weight excluding hydrogens is 282 g/mol. The van der Waals surface area contributed by atoms with Crippen LogP contribution in [0.1, 0.15) is 11.7 Å². The number of rotatable bonds is 2. The molecule has 104 valence electrons. The number of hydrogen-bond donors (Lipinski definition) is 0. The van der Waals surface area contributed by atoms with Crippen molar-refractivity contribution in [3.05, 3.63) is 83.4 Å². The first-order chi connectivity index (χ1) is 10.3. The highest BCUT2D eigenvalue weighted by molar-refractivity contribution is 6.30. The number of furan rings is 1. The monoisotopic (exact) mass is 295 g/mol. The largest absolute Gasteiger partial charge is 0.460 e. The number of hydrogen-bond acceptors (Lipinski definition) is 2. The third-order valence-electron chi connectivity index (χ3n) is 3.86. The molecule has 1 atom stereocenters. The van der Waals surface area contributed by atoms with Gasteiger partial charge in [-0.05, 0) is 54.6 Å². The molecule has 3 heterocycles. The maximum Gasteiger partial charge on any atom is 0.134 e. The van der Waals surface area contributed by atoms with E-state index in [4.69, 9.17) is 16.0 Å². The Balaban J connectivity index is 1.61. The SMILES string of the molecule is Clc1ccc(-c2ccc(C3C=C4C=CC=CN4C3)o2)cc1. The summed E-state index contributed by atoms with van der Waals surface area (Å²) in [5, 5.41) is 0.738. The summed E-state index contributed by atoms with van der Waals surface area (Å²) in [6.07, 6.45) is 10.6. The fourth-order valence-electron chi connectivity index (χ4n) is 2.77. The summed E-state index contributed by atoms with van der Waals surface area (Å²) in [6.45, 7) is 0.934. The Bertz CT molecular complexity index is 752. The standard InChI is InChI=1S/C18H14ClNO/c19-15-6-4-13(5-7-15)17-8-9-18(21-17)14-11-16-3-1-2-10-20(16)12-14/h1-11,14H,12H2. The molecule has 0 N–H and O–H groups in total. The molecule has 1 aromatic heterocycles. The summed E-state index contributed by atoms with van der Waals surface area (Å²) in [4.78, 5) is 2.25. The molecule has 2 aromatic rings. The van der Waals surface area contributed by atoms with E-state index >= 15 is 0 Å². The van der Waals surface area contributed by atoms with Crippen LogP contribution in [0.15, 0.2) is 77.0 Å². The van der Waals surface area contributed by atoms with Gasteiger partial charge in [0.1, 0.15) is 11.5 Å². The van der Waals surface area contributed by atoms with Crippen molar-refractivity contribution in [1.82, 2.24) is 4.90 Å². The predicted molar refractivity (Wildman–Crippen MR) is 85.0 cm³/mol. The van der Waals surface area contributed by atoms with E-state index in [1.165, 1.54) is 5.70 Å². The lowest BCUT2D eigenvalue weighted by atomic mass is 10.1. The van der Waals surface area contributed by atoms with Gasteiger partial charge in [0.05, 0.1) is 5.92 Å². The molecular formula is C18H14ClNO. The summed E-state index contributed by atoms with van der Waals surface area (Å²) < 4.78 is 6.04. The lowest BCUT2D eigenvalue weighted by Gasteiger charge is -2.17. The van der Waals surface area contributed by atoms with Crippen LogP contribution in [0.2, 0.25) is 5.02 Å². The smallest absolute Gasteiger partial charge is 0.134 e. The molecule has 1 unspecified atom stereocenters. The zero-order chi connectivity index (χ0) is 14.2. The van der Waals surface area contributed by atoms with E-state index in [0.717, 1.165) is 28.7 Å². The van der Waals surface area contributed by atoms with E-state index in [1.807, 2.05) is 30.3 Å². The van der Waals surface area contributed by atoms with Crippen LogP contribution in [0.25, 0.3) is 11.3 Å². The molecule has 0 saturated heterocycles. The maximum atomic E-state index is 6.04. The van der Waals surface area contributed by atoms with Gasteiger partial charge in [-0.3, -0.25) is 0 Å². The molecule has 0 saturated carbocycles. The van der Waals surface area contributed by atoms with Crippen LogP contribution in [0.5, 0.6) is 0 Å². The zero-order valence-electron chi connectivity index (χ0n) is 11.4. The van der Waals surface area contributed by atoms with Crippen molar-refractivity contribution in [3.63, 3.8) is 0 Å². The fraction of sp³-hybridized carbons (Fsp3) is 0.111. The minimum atomic E-state index is 0.299. The van der Waals surface area contributed by atoms with Gasteiger partial charge in [-0.1, -0.05) is 17.7 Å². The summed E-state index contributed by atoms with van der Waals surface area (Å²) in [5.41, 5.74) is 2.29.